The third kappa shape index (κ3) is 3.08. The molecule has 2 aromatic rings. The molecule has 1 aromatic heterocycles. The van der Waals surface area contributed by atoms with E-state index in [1.54, 1.807) is 0 Å². The van der Waals surface area contributed by atoms with E-state index in [1.807, 2.05) is 17.4 Å². The SMILES string of the molecule is [B]=COc1ccc2c(C(C)(C)CC)sc(C(C)(C)C)c2c1. The van der Waals surface area contributed by atoms with Gasteiger partial charge in [0.15, 0.2) is 0 Å². The third-order valence-electron chi connectivity index (χ3n) is 4.07. The molecule has 1 aromatic carbocycles. The van der Waals surface area contributed by atoms with E-state index in [0.717, 1.165) is 12.2 Å². The predicted molar refractivity (Wildman–Crippen MR) is 96.3 cm³/mol. The molecule has 2 rings (SSSR count). The number of benzene rings is 1. The monoisotopic (exact) mass is 299 g/mol. The molecular weight excluding hydrogens is 275 g/mol. The van der Waals surface area contributed by atoms with Gasteiger partial charge in [-0.2, -0.15) is 0 Å². The van der Waals surface area contributed by atoms with Gasteiger partial charge >= 0.3 is 133 Å². The Kier molecular flexibility index (Phi) is 4.35. The molecule has 1 heterocycles. The topological polar surface area (TPSA) is 9.23 Å². The van der Waals surface area contributed by atoms with E-state index in [1.165, 1.54) is 26.7 Å². The molecule has 0 saturated heterocycles. The van der Waals surface area contributed by atoms with Crippen LogP contribution >= 0.6 is 11.3 Å². The molecule has 0 fully saturated rings. The first kappa shape index (κ1) is 16.3. The van der Waals surface area contributed by atoms with Gasteiger partial charge in [0.1, 0.15) is 0 Å². The van der Waals surface area contributed by atoms with Crippen LogP contribution in [0.5, 0.6) is 5.75 Å². The zero-order valence-electron chi connectivity index (χ0n) is 13.9. The number of fused-ring (bicyclic) bond motifs is 1. The zero-order chi connectivity index (χ0) is 15.8. The Hall–Kier alpha value is -1.09. The van der Waals surface area contributed by atoms with Crippen LogP contribution in [0.1, 0.15) is 57.7 Å². The van der Waals surface area contributed by atoms with Crippen molar-refractivity contribution in [1.82, 2.24) is 0 Å². The third-order valence-corrected chi connectivity index (χ3v) is 6.08. The Bertz CT molecular complexity index is 662. The van der Waals surface area contributed by atoms with Gasteiger partial charge in [0.2, 0.25) is 0 Å². The molecule has 1 radical (unpaired) electrons. The van der Waals surface area contributed by atoms with Gasteiger partial charge in [-0.15, -0.1) is 0 Å². The van der Waals surface area contributed by atoms with Crippen LogP contribution < -0.4 is 4.74 Å². The molecule has 0 N–H and O–H groups in total. The quantitative estimate of drug-likeness (QED) is 0.706. The molecule has 0 unspecified atom stereocenters. The summed E-state index contributed by atoms with van der Waals surface area (Å²) in [6, 6.07) is 6.29. The summed E-state index contributed by atoms with van der Waals surface area (Å²) in [5, 5.41) is 2.64. The van der Waals surface area contributed by atoms with Gasteiger partial charge in [0, 0.05) is 0 Å². The molecule has 0 atom stereocenters. The normalized spacial score (nSPS) is 12.6. The van der Waals surface area contributed by atoms with E-state index < -0.39 is 0 Å². The van der Waals surface area contributed by atoms with E-state index >= 15 is 0 Å². The predicted octanol–water partition coefficient (Wildman–Crippen LogP) is 5.19. The molecule has 111 valence electrons. The van der Waals surface area contributed by atoms with E-state index in [-0.39, 0.29) is 10.8 Å². The molecule has 0 amide bonds. The summed E-state index contributed by atoms with van der Waals surface area (Å²) in [5.41, 5.74) is 0.310. The average molecular weight is 299 g/mol. The maximum atomic E-state index is 5.38. The second-order valence-electron chi connectivity index (χ2n) is 7.21. The molecule has 0 bridgehead atoms. The van der Waals surface area contributed by atoms with Crippen molar-refractivity contribution in [2.24, 2.45) is 0 Å². The fraction of sp³-hybridized carbons (Fsp3) is 0.500. The van der Waals surface area contributed by atoms with Gasteiger partial charge in [0.25, 0.3) is 0 Å². The van der Waals surface area contributed by atoms with Gasteiger partial charge in [0.05, 0.1) is 0 Å². The van der Waals surface area contributed by atoms with Crippen LogP contribution in [-0.4, -0.2) is 13.6 Å². The first-order valence-electron chi connectivity index (χ1n) is 7.48. The molecule has 0 saturated carbocycles. The van der Waals surface area contributed by atoms with Crippen LogP contribution in [-0.2, 0) is 10.8 Å². The Labute approximate surface area is 133 Å². The summed E-state index contributed by atoms with van der Waals surface area (Å²) >= 11 is 1.94. The van der Waals surface area contributed by atoms with Crippen molar-refractivity contribution in [3.8, 4) is 5.75 Å². The van der Waals surface area contributed by atoms with Gasteiger partial charge < -0.3 is 0 Å². The van der Waals surface area contributed by atoms with Crippen molar-refractivity contribution in [1.29, 1.82) is 0 Å². The minimum absolute atomic E-state index is 0.121. The van der Waals surface area contributed by atoms with Gasteiger partial charge in [-0.1, -0.05) is 0 Å². The first-order chi connectivity index (χ1) is 9.70. The van der Waals surface area contributed by atoms with Crippen molar-refractivity contribution >= 4 is 35.7 Å². The van der Waals surface area contributed by atoms with E-state index in [4.69, 9.17) is 12.2 Å². The summed E-state index contributed by atoms with van der Waals surface area (Å²) in [6.07, 6.45) is 2.36. The van der Waals surface area contributed by atoms with Crippen molar-refractivity contribution < 1.29 is 4.74 Å². The minimum atomic E-state index is 0.121. The van der Waals surface area contributed by atoms with Gasteiger partial charge in [-0.25, -0.2) is 0 Å². The second-order valence-corrected chi connectivity index (χ2v) is 8.23. The van der Waals surface area contributed by atoms with Crippen LogP contribution in [0, 0.1) is 0 Å². The fourth-order valence-corrected chi connectivity index (χ4v) is 3.99. The molecule has 0 aliphatic heterocycles. The molecule has 0 aliphatic carbocycles. The van der Waals surface area contributed by atoms with Crippen LogP contribution in [0.3, 0.4) is 0 Å². The standard InChI is InChI=1S/C18H24BOS/c1-7-18(5,6)16-13-9-8-12(20-11-19)10-14(13)15(21-16)17(2,3)4/h8-11H,7H2,1-6H3. The summed E-state index contributed by atoms with van der Waals surface area (Å²) in [5.74, 6) is 0.800. The van der Waals surface area contributed by atoms with Crippen molar-refractivity contribution in [3.63, 3.8) is 0 Å². The van der Waals surface area contributed by atoms with E-state index in [2.05, 4.69) is 53.7 Å². The molecular formula is C18H24BOS. The van der Waals surface area contributed by atoms with E-state index in [0.29, 0.717) is 0 Å². The Morgan fingerprint density at radius 2 is 1.76 bits per heavy atom. The van der Waals surface area contributed by atoms with Crippen LogP contribution in [0.4, 0.5) is 0 Å². The Morgan fingerprint density at radius 1 is 1.10 bits per heavy atom. The summed E-state index contributed by atoms with van der Waals surface area (Å²) in [4.78, 5) is 2.88. The van der Waals surface area contributed by atoms with Crippen molar-refractivity contribution in [3.05, 3.63) is 28.0 Å². The Balaban J connectivity index is 2.76. The molecule has 21 heavy (non-hydrogen) atoms. The fourth-order valence-electron chi connectivity index (χ4n) is 2.49. The van der Waals surface area contributed by atoms with Crippen LogP contribution in [0.25, 0.3) is 10.8 Å². The van der Waals surface area contributed by atoms with E-state index in [9.17, 15) is 0 Å². The van der Waals surface area contributed by atoms with Crippen molar-refractivity contribution in [2.75, 3.05) is 0 Å². The summed E-state index contributed by atoms with van der Waals surface area (Å²) in [7, 11) is 5.38. The van der Waals surface area contributed by atoms with Gasteiger partial charge in [-0.3, -0.25) is 0 Å². The summed E-state index contributed by atoms with van der Waals surface area (Å²) < 4.78 is 5.36. The average Bonchev–Trinajstić information content (AvgIpc) is 2.78. The molecule has 3 heteroatoms. The number of hydrogen-bond donors (Lipinski definition) is 0. The Morgan fingerprint density at radius 3 is 2.29 bits per heavy atom. The van der Waals surface area contributed by atoms with Crippen LogP contribution in [0.2, 0.25) is 0 Å². The van der Waals surface area contributed by atoms with Crippen LogP contribution in [0.15, 0.2) is 18.2 Å². The van der Waals surface area contributed by atoms with Crippen molar-refractivity contribution in [2.45, 2.75) is 58.8 Å². The number of rotatable bonds is 4. The molecule has 0 aliphatic rings. The number of hydrogen-bond acceptors (Lipinski definition) is 2. The maximum absolute atomic E-state index is 5.38. The number of ether oxygens (including phenoxy) is 1. The first-order valence-corrected chi connectivity index (χ1v) is 8.30. The van der Waals surface area contributed by atoms with Gasteiger partial charge in [-0.05, 0) is 0 Å². The zero-order valence-corrected chi connectivity index (χ0v) is 14.7. The molecule has 0 spiro atoms. The molecule has 1 nitrogen and oxygen atoms in total. The summed E-state index contributed by atoms with van der Waals surface area (Å²) in [6.45, 7) is 13.7. The number of thiophene rings is 1. The second kappa shape index (κ2) is 5.60.